The third-order valence-corrected chi connectivity index (χ3v) is 5.84. The van der Waals surface area contributed by atoms with Crippen LogP contribution in [0.3, 0.4) is 0 Å². The van der Waals surface area contributed by atoms with Gasteiger partial charge >= 0.3 is 0 Å². The largest absolute Gasteiger partial charge is 0.491 e. The first-order valence-corrected chi connectivity index (χ1v) is 11.6. The average Bonchev–Trinajstić information content (AvgIpc) is 2.76. The molecule has 0 saturated heterocycles. The quantitative estimate of drug-likeness (QED) is 0.331. The van der Waals surface area contributed by atoms with E-state index in [-0.39, 0.29) is 11.6 Å². The van der Waals surface area contributed by atoms with Crippen molar-refractivity contribution in [3.05, 3.63) is 47.0 Å². The lowest BCUT2D eigenvalue weighted by Gasteiger charge is -2.23. The Morgan fingerprint density at radius 1 is 0.633 bits per heavy atom. The number of rotatable bonds is 12. The number of halogens is 2. The first-order chi connectivity index (χ1) is 14.7. The fourth-order valence-electron chi connectivity index (χ4n) is 4.09. The van der Waals surface area contributed by atoms with E-state index in [1.807, 2.05) is 12.1 Å². The molecule has 1 aliphatic rings. The standard InChI is InChI=1S/C26H34F2O2/c1-3-5-7-8-10-18-30-24-16-14-20-19-13-15-23(29-17-9-6-4-2)25(27)21(19)11-12-22(20)26(24)28/h13-16H,3-12,17-18H2,1-2H3. The lowest BCUT2D eigenvalue weighted by Crippen LogP contribution is -2.11. The van der Waals surface area contributed by atoms with Gasteiger partial charge in [0.2, 0.25) is 0 Å². The van der Waals surface area contributed by atoms with E-state index in [0.29, 0.717) is 48.7 Å². The molecule has 0 aliphatic heterocycles. The predicted molar refractivity (Wildman–Crippen MR) is 118 cm³/mol. The number of ether oxygens (including phenoxy) is 2. The van der Waals surface area contributed by atoms with Gasteiger partial charge in [-0.2, -0.15) is 0 Å². The lowest BCUT2D eigenvalue weighted by molar-refractivity contribution is 0.288. The number of hydrogen-bond donors (Lipinski definition) is 0. The van der Waals surface area contributed by atoms with Crippen LogP contribution in [0.25, 0.3) is 11.1 Å². The van der Waals surface area contributed by atoms with Crippen molar-refractivity contribution in [3.8, 4) is 22.6 Å². The van der Waals surface area contributed by atoms with E-state index in [2.05, 4.69) is 13.8 Å². The van der Waals surface area contributed by atoms with Gasteiger partial charge in [0.15, 0.2) is 23.1 Å². The Morgan fingerprint density at radius 3 is 1.57 bits per heavy atom. The van der Waals surface area contributed by atoms with E-state index < -0.39 is 0 Å². The van der Waals surface area contributed by atoms with E-state index in [4.69, 9.17) is 9.47 Å². The van der Waals surface area contributed by atoms with Gasteiger partial charge in [-0.1, -0.05) is 64.5 Å². The van der Waals surface area contributed by atoms with Gasteiger partial charge < -0.3 is 9.47 Å². The molecule has 0 spiro atoms. The topological polar surface area (TPSA) is 18.5 Å². The summed E-state index contributed by atoms with van der Waals surface area (Å²) in [6, 6.07) is 7.08. The van der Waals surface area contributed by atoms with Crippen molar-refractivity contribution in [3.63, 3.8) is 0 Å². The van der Waals surface area contributed by atoms with Crippen molar-refractivity contribution in [1.29, 1.82) is 0 Å². The van der Waals surface area contributed by atoms with Gasteiger partial charge in [0.25, 0.3) is 0 Å². The van der Waals surface area contributed by atoms with Gasteiger partial charge in [0, 0.05) is 0 Å². The summed E-state index contributed by atoms with van der Waals surface area (Å²) in [6.45, 7) is 5.36. The van der Waals surface area contributed by atoms with E-state index in [0.717, 1.165) is 43.2 Å². The molecule has 2 nitrogen and oxygen atoms in total. The van der Waals surface area contributed by atoms with Crippen LogP contribution in [0.2, 0.25) is 0 Å². The maximum atomic E-state index is 15.1. The minimum absolute atomic E-state index is 0.299. The summed E-state index contributed by atoms with van der Waals surface area (Å²) in [5, 5.41) is 0. The van der Waals surface area contributed by atoms with Gasteiger partial charge in [-0.3, -0.25) is 0 Å². The first-order valence-electron chi connectivity index (χ1n) is 11.6. The third-order valence-electron chi connectivity index (χ3n) is 5.84. The van der Waals surface area contributed by atoms with Gasteiger partial charge in [0.1, 0.15) is 0 Å². The minimum atomic E-state index is -0.303. The van der Waals surface area contributed by atoms with Crippen LogP contribution in [0.5, 0.6) is 11.5 Å². The maximum absolute atomic E-state index is 15.1. The third kappa shape index (κ3) is 5.33. The molecule has 0 fully saturated rings. The highest BCUT2D eigenvalue weighted by atomic mass is 19.1. The van der Waals surface area contributed by atoms with Crippen LogP contribution in [0, 0.1) is 11.6 Å². The molecule has 0 radical (unpaired) electrons. The average molecular weight is 417 g/mol. The molecule has 0 bridgehead atoms. The number of hydrogen-bond acceptors (Lipinski definition) is 2. The van der Waals surface area contributed by atoms with Crippen molar-refractivity contribution in [2.45, 2.75) is 78.1 Å². The van der Waals surface area contributed by atoms with E-state index in [1.54, 1.807) is 12.1 Å². The van der Waals surface area contributed by atoms with Gasteiger partial charge in [-0.15, -0.1) is 0 Å². The molecule has 1 aliphatic carbocycles. The lowest BCUT2D eigenvalue weighted by atomic mass is 9.84. The summed E-state index contributed by atoms with van der Waals surface area (Å²) >= 11 is 0. The summed E-state index contributed by atoms with van der Waals surface area (Å²) in [5.74, 6) is 0.00955. The highest BCUT2D eigenvalue weighted by Gasteiger charge is 2.25. The van der Waals surface area contributed by atoms with Crippen LogP contribution in [-0.4, -0.2) is 13.2 Å². The normalized spacial score (nSPS) is 12.4. The zero-order chi connectivity index (χ0) is 21.3. The van der Waals surface area contributed by atoms with Crippen molar-refractivity contribution >= 4 is 0 Å². The Bertz CT molecular complexity index is 832. The first kappa shape index (κ1) is 22.6. The summed E-state index contributed by atoms with van der Waals surface area (Å²) in [5.41, 5.74) is 2.78. The molecule has 164 valence electrons. The second kappa shape index (κ2) is 11.3. The molecule has 4 heteroatoms. The Kier molecular flexibility index (Phi) is 8.53. The molecule has 0 heterocycles. The molecule has 2 aromatic carbocycles. The van der Waals surface area contributed by atoms with Gasteiger partial charge in [-0.05, 0) is 60.1 Å². The second-order valence-corrected chi connectivity index (χ2v) is 8.13. The Morgan fingerprint density at radius 2 is 1.07 bits per heavy atom. The van der Waals surface area contributed by atoms with Crippen molar-refractivity contribution in [2.24, 2.45) is 0 Å². The van der Waals surface area contributed by atoms with Crippen molar-refractivity contribution in [1.82, 2.24) is 0 Å². The molecule has 30 heavy (non-hydrogen) atoms. The highest BCUT2D eigenvalue weighted by Crippen LogP contribution is 2.40. The molecule has 0 aromatic heterocycles. The molecule has 0 atom stereocenters. The summed E-state index contributed by atoms with van der Waals surface area (Å²) in [6.07, 6.45) is 9.70. The van der Waals surface area contributed by atoms with Crippen molar-refractivity contribution < 1.29 is 18.3 Å². The summed E-state index contributed by atoms with van der Waals surface area (Å²) in [4.78, 5) is 0. The van der Waals surface area contributed by atoms with Crippen molar-refractivity contribution in [2.75, 3.05) is 13.2 Å². The van der Waals surface area contributed by atoms with E-state index in [9.17, 15) is 4.39 Å². The SMILES string of the molecule is CCCCCCCOc1ccc2c(c1F)CCc1c-2ccc(OCCCCC)c1F. The van der Waals surface area contributed by atoms with E-state index >= 15 is 4.39 Å². The Labute approximate surface area is 179 Å². The van der Waals surface area contributed by atoms with Crippen LogP contribution in [0.15, 0.2) is 24.3 Å². The molecule has 3 rings (SSSR count). The number of unbranched alkanes of at least 4 members (excludes halogenated alkanes) is 6. The molecular weight excluding hydrogens is 382 g/mol. The molecule has 2 aromatic rings. The zero-order valence-corrected chi connectivity index (χ0v) is 18.4. The minimum Gasteiger partial charge on any atom is -0.491 e. The van der Waals surface area contributed by atoms with Crippen LogP contribution >= 0.6 is 0 Å². The monoisotopic (exact) mass is 416 g/mol. The molecule has 0 saturated carbocycles. The Balaban J connectivity index is 1.70. The second-order valence-electron chi connectivity index (χ2n) is 8.13. The Hall–Kier alpha value is -2.10. The number of benzene rings is 2. The molecular formula is C26H34F2O2. The summed E-state index contributed by atoms with van der Waals surface area (Å²) in [7, 11) is 0. The molecule has 0 amide bonds. The zero-order valence-electron chi connectivity index (χ0n) is 18.4. The van der Waals surface area contributed by atoms with Gasteiger partial charge in [-0.25, -0.2) is 8.78 Å². The maximum Gasteiger partial charge on any atom is 0.168 e. The smallest absolute Gasteiger partial charge is 0.168 e. The fourth-order valence-corrected chi connectivity index (χ4v) is 4.09. The van der Waals surface area contributed by atoms with Crippen LogP contribution < -0.4 is 9.47 Å². The van der Waals surface area contributed by atoms with Crippen LogP contribution in [0.4, 0.5) is 8.78 Å². The highest BCUT2D eigenvalue weighted by molar-refractivity contribution is 5.75. The summed E-state index contributed by atoms with van der Waals surface area (Å²) < 4.78 is 41.4. The predicted octanol–water partition coefficient (Wildman–Crippen LogP) is 7.65. The van der Waals surface area contributed by atoms with E-state index in [1.165, 1.54) is 19.3 Å². The fraction of sp³-hybridized carbons (Fsp3) is 0.538. The van der Waals surface area contributed by atoms with Crippen LogP contribution in [-0.2, 0) is 12.8 Å². The number of fused-ring (bicyclic) bond motifs is 3. The van der Waals surface area contributed by atoms with Crippen LogP contribution in [0.1, 0.15) is 76.3 Å². The van der Waals surface area contributed by atoms with Gasteiger partial charge in [0.05, 0.1) is 13.2 Å². The molecule has 0 unspecified atom stereocenters. The molecule has 0 N–H and O–H groups in total.